The summed E-state index contributed by atoms with van der Waals surface area (Å²) < 4.78 is 69.2. The van der Waals surface area contributed by atoms with Gasteiger partial charge in [0.15, 0.2) is 0 Å². The van der Waals surface area contributed by atoms with Gasteiger partial charge in [-0.15, -0.1) is 0 Å². The fourth-order valence-corrected chi connectivity index (χ4v) is 5.72. The van der Waals surface area contributed by atoms with Crippen molar-refractivity contribution in [1.29, 1.82) is 0 Å². The van der Waals surface area contributed by atoms with Crippen molar-refractivity contribution in [2.45, 2.75) is 49.6 Å². The molecule has 2 bridgehead atoms. The molecule has 0 spiro atoms. The minimum atomic E-state index is -4.13. The summed E-state index contributed by atoms with van der Waals surface area (Å²) in [4.78, 5) is 4.48. The number of halogens is 3. The Morgan fingerprint density at radius 3 is 2.29 bits per heavy atom. The van der Waals surface area contributed by atoms with Crippen LogP contribution >= 0.6 is 0 Å². The Balaban J connectivity index is 1.58. The molecule has 0 amide bonds. The van der Waals surface area contributed by atoms with Gasteiger partial charge in [-0.2, -0.15) is 13.2 Å². The molecule has 3 aliphatic carbocycles. The lowest BCUT2D eigenvalue weighted by molar-refractivity contribution is -0.258. The standard InChI is InChI=1S/C21H27F3N4O2S/c1-25-31(29,30)15-3-4-17(16(11-15)18-12-28(2)14-27-18)26-13-19-5-8-20(9-6-19,10-7-19)21(22,23)24/h3-4,11-12,14,25-26H,5-10,13H2,1-2H3. The number of nitrogens with zero attached hydrogens (tertiary/aromatic N) is 2. The Hall–Kier alpha value is -2.07. The molecule has 2 N–H and O–H groups in total. The summed E-state index contributed by atoms with van der Waals surface area (Å²) in [5.74, 6) is 0. The lowest BCUT2D eigenvalue weighted by Crippen LogP contribution is -2.51. The quantitative estimate of drug-likeness (QED) is 0.679. The smallest absolute Gasteiger partial charge is 0.384 e. The van der Waals surface area contributed by atoms with E-state index in [9.17, 15) is 21.6 Å². The van der Waals surface area contributed by atoms with E-state index in [0.717, 1.165) is 5.69 Å². The maximum Gasteiger partial charge on any atom is 0.394 e. The number of imidazole rings is 1. The van der Waals surface area contributed by atoms with Gasteiger partial charge in [0.1, 0.15) is 0 Å². The highest BCUT2D eigenvalue weighted by molar-refractivity contribution is 7.89. The SMILES string of the molecule is CNS(=O)(=O)c1ccc(NCC23CCC(C(F)(F)F)(CC2)CC3)c(-c2cn(C)cn2)c1. The molecule has 1 aromatic carbocycles. The number of aromatic nitrogens is 2. The number of rotatable bonds is 6. The molecule has 3 fully saturated rings. The van der Waals surface area contributed by atoms with Gasteiger partial charge < -0.3 is 9.88 Å². The normalized spacial score (nSPS) is 26.2. The van der Waals surface area contributed by atoms with Crippen LogP contribution in [0.3, 0.4) is 0 Å². The minimum absolute atomic E-state index is 0.129. The molecule has 1 aromatic heterocycles. The Bertz CT molecular complexity index is 1050. The van der Waals surface area contributed by atoms with Gasteiger partial charge in [0.2, 0.25) is 10.0 Å². The Kier molecular flexibility index (Phi) is 5.36. The molecule has 0 aliphatic heterocycles. The number of sulfonamides is 1. The van der Waals surface area contributed by atoms with Crippen LogP contribution in [0.1, 0.15) is 38.5 Å². The Morgan fingerprint density at radius 2 is 1.77 bits per heavy atom. The zero-order chi connectivity index (χ0) is 22.5. The van der Waals surface area contributed by atoms with E-state index < -0.39 is 21.6 Å². The molecule has 0 radical (unpaired) electrons. The average Bonchev–Trinajstić information content (AvgIpc) is 3.19. The summed E-state index contributed by atoms with van der Waals surface area (Å²) in [7, 11) is -0.442. The van der Waals surface area contributed by atoms with E-state index in [2.05, 4.69) is 15.0 Å². The molecule has 31 heavy (non-hydrogen) atoms. The molecule has 6 nitrogen and oxygen atoms in total. The van der Waals surface area contributed by atoms with E-state index in [0.29, 0.717) is 37.1 Å². The lowest BCUT2D eigenvalue weighted by atomic mass is 9.53. The second-order valence-corrected chi connectivity index (χ2v) is 10.9. The number of hydrogen-bond donors (Lipinski definition) is 2. The highest BCUT2D eigenvalue weighted by Crippen LogP contribution is 2.62. The number of nitrogens with one attached hydrogen (secondary N) is 2. The van der Waals surface area contributed by atoms with E-state index in [-0.39, 0.29) is 29.6 Å². The molecule has 3 saturated carbocycles. The summed E-state index contributed by atoms with van der Waals surface area (Å²) in [6.07, 6.45) is 1.50. The topological polar surface area (TPSA) is 76.0 Å². The molecule has 1 heterocycles. The van der Waals surface area contributed by atoms with E-state index >= 15 is 0 Å². The highest BCUT2D eigenvalue weighted by atomic mass is 32.2. The molecule has 5 rings (SSSR count). The molecule has 170 valence electrons. The molecule has 10 heteroatoms. The number of fused-ring (bicyclic) bond motifs is 3. The summed E-state index contributed by atoms with van der Waals surface area (Å²) in [6.45, 7) is 0.554. The van der Waals surface area contributed by atoms with Crippen molar-refractivity contribution in [2.24, 2.45) is 17.9 Å². The van der Waals surface area contributed by atoms with Crippen LogP contribution in [0.5, 0.6) is 0 Å². The van der Waals surface area contributed by atoms with Crippen LogP contribution in [0, 0.1) is 10.8 Å². The van der Waals surface area contributed by atoms with Crippen LogP contribution in [0.15, 0.2) is 35.6 Å². The predicted octanol–water partition coefficient (Wildman–Crippen LogP) is 4.31. The summed E-state index contributed by atoms with van der Waals surface area (Å²) in [5, 5.41) is 3.41. The Morgan fingerprint density at radius 1 is 1.13 bits per heavy atom. The van der Waals surface area contributed by atoms with E-state index in [1.54, 1.807) is 29.2 Å². The fourth-order valence-electron chi connectivity index (χ4n) is 4.96. The largest absolute Gasteiger partial charge is 0.394 e. The first-order valence-electron chi connectivity index (χ1n) is 10.4. The zero-order valence-electron chi connectivity index (χ0n) is 17.6. The third-order valence-electron chi connectivity index (χ3n) is 7.21. The van der Waals surface area contributed by atoms with Crippen molar-refractivity contribution < 1.29 is 21.6 Å². The van der Waals surface area contributed by atoms with E-state index in [1.165, 1.54) is 13.1 Å². The van der Waals surface area contributed by atoms with Gasteiger partial charge in [-0.25, -0.2) is 18.1 Å². The summed E-state index contributed by atoms with van der Waals surface area (Å²) in [6, 6.07) is 4.80. The molecule has 0 saturated heterocycles. The summed E-state index contributed by atoms with van der Waals surface area (Å²) >= 11 is 0. The van der Waals surface area contributed by atoms with Crippen LogP contribution in [0.2, 0.25) is 0 Å². The van der Waals surface area contributed by atoms with Crippen LogP contribution < -0.4 is 10.0 Å². The number of aryl methyl sites for hydroxylation is 1. The van der Waals surface area contributed by atoms with Crippen molar-refractivity contribution in [1.82, 2.24) is 14.3 Å². The maximum atomic E-state index is 13.5. The monoisotopic (exact) mass is 456 g/mol. The molecule has 0 unspecified atom stereocenters. The highest BCUT2D eigenvalue weighted by Gasteiger charge is 2.61. The van der Waals surface area contributed by atoms with E-state index in [4.69, 9.17) is 0 Å². The van der Waals surface area contributed by atoms with Gasteiger partial charge in [-0.05, 0) is 69.2 Å². The second-order valence-electron chi connectivity index (χ2n) is 8.97. The third kappa shape index (κ3) is 3.95. The number of hydrogen-bond acceptors (Lipinski definition) is 4. The Labute approximate surface area is 180 Å². The van der Waals surface area contributed by atoms with Crippen molar-refractivity contribution >= 4 is 15.7 Å². The van der Waals surface area contributed by atoms with Crippen molar-refractivity contribution in [3.63, 3.8) is 0 Å². The van der Waals surface area contributed by atoms with Crippen LogP contribution in [-0.4, -0.2) is 37.7 Å². The van der Waals surface area contributed by atoms with Gasteiger partial charge in [-0.1, -0.05) is 0 Å². The lowest BCUT2D eigenvalue weighted by Gasteiger charge is -2.54. The van der Waals surface area contributed by atoms with Gasteiger partial charge >= 0.3 is 6.18 Å². The second kappa shape index (κ2) is 7.51. The van der Waals surface area contributed by atoms with Crippen molar-refractivity contribution in [3.05, 3.63) is 30.7 Å². The van der Waals surface area contributed by atoms with Gasteiger partial charge in [0.25, 0.3) is 0 Å². The zero-order valence-corrected chi connectivity index (χ0v) is 18.4. The van der Waals surface area contributed by atoms with Crippen LogP contribution in [0.25, 0.3) is 11.3 Å². The fraction of sp³-hybridized carbons (Fsp3) is 0.571. The minimum Gasteiger partial charge on any atom is -0.384 e. The number of alkyl halides is 3. The van der Waals surface area contributed by atoms with Crippen LogP contribution in [-0.2, 0) is 17.1 Å². The molecule has 3 aliphatic rings. The molecular formula is C21H27F3N4O2S. The van der Waals surface area contributed by atoms with Gasteiger partial charge in [-0.3, -0.25) is 0 Å². The van der Waals surface area contributed by atoms with Gasteiger partial charge in [0.05, 0.1) is 22.3 Å². The first-order valence-corrected chi connectivity index (χ1v) is 11.8. The maximum absolute atomic E-state index is 13.5. The molecule has 0 atom stereocenters. The molecule has 2 aromatic rings. The predicted molar refractivity (Wildman–Crippen MR) is 112 cm³/mol. The van der Waals surface area contributed by atoms with Gasteiger partial charge in [0, 0.05) is 31.0 Å². The molecular weight excluding hydrogens is 429 g/mol. The summed E-state index contributed by atoms with van der Waals surface area (Å²) in [5.41, 5.74) is 0.325. The van der Waals surface area contributed by atoms with Crippen molar-refractivity contribution in [3.8, 4) is 11.3 Å². The van der Waals surface area contributed by atoms with Crippen LogP contribution in [0.4, 0.5) is 18.9 Å². The van der Waals surface area contributed by atoms with Crippen molar-refractivity contribution in [2.75, 3.05) is 18.9 Å². The number of anilines is 1. The number of benzene rings is 1. The van der Waals surface area contributed by atoms with E-state index in [1.807, 2.05) is 7.05 Å². The average molecular weight is 457 g/mol. The third-order valence-corrected chi connectivity index (χ3v) is 8.62. The first-order chi connectivity index (χ1) is 14.5. The first kappa shape index (κ1) is 22.1.